The second-order valence-corrected chi connectivity index (χ2v) is 4.25. The van der Waals surface area contributed by atoms with Crippen molar-refractivity contribution in [2.24, 2.45) is 0 Å². The molecule has 0 amide bonds. The summed E-state index contributed by atoms with van der Waals surface area (Å²) in [7, 11) is 0. The molecule has 0 aliphatic carbocycles. The summed E-state index contributed by atoms with van der Waals surface area (Å²) < 4.78 is 5.22. The molecule has 0 aliphatic heterocycles. The van der Waals surface area contributed by atoms with Gasteiger partial charge in [0, 0.05) is 11.9 Å². The first kappa shape index (κ1) is 12.3. The molecule has 2 heterocycles. The predicted octanol–water partition coefficient (Wildman–Crippen LogP) is 2.45. The summed E-state index contributed by atoms with van der Waals surface area (Å²) in [6, 6.07) is 9.66. The van der Waals surface area contributed by atoms with E-state index in [1.165, 1.54) is 6.33 Å². The van der Waals surface area contributed by atoms with Gasteiger partial charge in [-0.05, 0) is 25.1 Å². The minimum atomic E-state index is 0.508. The van der Waals surface area contributed by atoms with Crippen LogP contribution in [0.5, 0.6) is 0 Å². The van der Waals surface area contributed by atoms with E-state index in [4.69, 9.17) is 4.52 Å². The average molecular weight is 267 g/mol. The molecule has 100 valence electrons. The van der Waals surface area contributed by atoms with E-state index in [9.17, 15) is 0 Å². The van der Waals surface area contributed by atoms with Crippen LogP contribution in [0.3, 0.4) is 0 Å². The van der Waals surface area contributed by atoms with Crippen LogP contribution in [0, 0.1) is 6.92 Å². The fourth-order valence-electron chi connectivity index (χ4n) is 1.84. The van der Waals surface area contributed by atoms with Gasteiger partial charge in [0.15, 0.2) is 5.82 Å². The maximum Gasteiger partial charge on any atom is 0.260 e. The van der Waals surface area contributed by atoms with Crippen molar-refractivity contribution >= 4 is 5.69 Å². The molecule has 1 N–H and O–H groups in total. The van der Waals surface area contributed by atoms with Gasteiger partial charge in [0.05, 0.1) is 17.8 Å². The number of nitrogens with one attached hydrogen (secondary N) is 1. The Balaban J connectivity index is 1.83. The second-order valence-electron chi connectivity index (χ2n) is 4.25. The molecule has 0 spiro atoms. The number of hydrogen-bond donors (Lipinski definition) is 1. The van der Waals surface area contributed by atoms with E-state index in [0.717, 1.165) is 16.9 Å². The molecule has 0 atom stereocenters. The normalized spacial score (nSPS) is 10.4. The van der Waals surface area contributed by atoms with E-state index in [-0.39, 0.29) is 0 Å². The molecule has 0 unspecified atom stereocenters. The third kappa shape index (κ3) is 2.64. The summed E-state index contributed by atoms with van der Waals surface area (Å²) in [5.74, 6) is 1.12. The summed E-state index contributed by atoms with van der Waals surface area (Å²) in [6.07, 6.45) is 3.25. The maximum atomic E-state index is 5.22. The van der Waals surface area contributed by atoms with E-state index in [1.54, 1.807) is 13.1 Å². The zero-order valence-electron chi connectivity index (χ0n) is 10.9. The fourth-order valence-corrected chi connectivity index (χ4v) is 1.84. The quantitative estimate of drug-likeness (QED) is 0.782. The number of benzene rings is 1. The predicted molar refractivity (Wildman–Crippen MR) is 73.8 cm³/mol. The number of rotatable bonds is 4. The van der Waals surface area contributed by atoms with Crippen LogP contribution >= 0.6 is 0 Å². The highest BCUT2D eigenvalue weighted by Gasteiger charge is 2.10. The number of aryl methyl sites for hydroxylation is 1. The summed E-state index contributed by atoms with van der Waals surface area (Å²) in [5.41, 5.74) is 2.72. The molecule has 0 fully saturated rings. The highest BCUT2D eigenvalue weighted by atomic mass is 16.5. The zero-order valence-corrected chi connectivity index (χ0v) is 10.9. The first-order valence-corrected chi connectivity index (χ1v) is 6.21. The van der Waals surface area contributed by atoms with Gasteiger partial charge in [0.1, 0.15) is 6.33 Å². The van der Waals surface area contributed by atoms with Crippen LogP contribution in [0.1, 0.15) is 11.5 Å². The molecule has 3 rings (SSSR count). The van der Waals surface area contributed by atoms with Crippen molar-refractivity contribution in [3.05, 3.63) is 54.4 Å². The minimum Gasteiger partial charge on any atom is -0.379 e. The van der Waals surface area contributed by atoms with Crippen molar-refractivity contribution in [1.82, 2.24) is 20.1 Å². The highest BCUT2D eigenvalue weighted by molar-refractivity contribution is 5.72. The third-order valence-electron chi connectivity index (χ3n) is 2.79. The maximum absolute atomic E-state index is 5.22. The monoisotopic (exact) mass is 267 g/mol. The lowest BCUT2D eigenvalue weighted by molar-refractivity contribution is 0.426. The van der Waals surface area contributed by atoms with Crippen LogP contribution < -0.4 is 5.32 Å². The number of nitrogens with zero attached hydrogens (tertiary/aromatic N) is 4. The molecule has 1 aromatic carbocycles. The van der Waals surface area contributed by atoms with Crippen molar-refractivity contribution < 1.29 is 4.52 Å². The molecular weight excluding hydrogens is 254 g/mol. The Kier molecular flexibility index (Phi) is 3.36. The van der Waals surface area contributed by atoms with Crippen LogP contribution in [0.25, 0.3) is 11.5 Å². The van der Waals surface area contributed by atoms with Gasteiger partial charge in [-0.15, -0.1) is 0 Å². The van der Waals surface area contributed by atoms with Gasteiger partial charge in [0.2, 0.25) is 0 Å². The number of para-hydroxylation sites is 1. The SMILES string of the molecule is Cc1noc(-c2ccccc2NCc2ccncn2)n1. The first-order chi connectivity index (χ1) is 9.83. The molecule has 0 bridgehead atoms. The van der Waals surface area contributed by atoms with Crippen LogP contribution in [0.15, 0.2) is 47.4 Å². The van der Waals surface area contributed by atoms with Crippen LogP contribution in [0.2, 0.25) is 0 Å². The zero-order chi connectivity index (χ0) is 13.8. The molecule has 3 aromatic rings. The Labute approximate surface area is 115 Å². The molecule has 6 nitrogen and oxygen atoms in total. The van der Waals surface area contributed by atoms with Crippen molar-refractivity contribution in [3.63, 3.8) is 0 Å². The largest absolute Gasteiger partial charge is 0.379 e. The van der Waals surface area contributed by atoms with Crippen molar-refractivity contribution in [3.8, 4) is 11.5 Å². The van der Waals surface area contributed by atoms with Gasteiger partial charge >= 0.3 is 0 Å². The van der Waals surface area contributed by atoms with Crippen LogP contribution in [-0.2, 0) is 6.54 Å². The second kappa shape index (κ2) is 5.48. The Bertz CT molecular complexity index is 696. The van der Waals surface area contributed by atoms with Gasteiger partial charge in [-0.3, -0.25) is 0 Å². The molecule has 0 aliphatic rings. The lowest BCUT2D eigenvalue weighted by Gasteiger charge is -2.08. The number of aromatic nitrogens is 4. The molecule has 6 heteroatoms. The van der Waals surface area contributed by atoms with Crippen LogP contribution in [-0.4, -0.2) is 20.1 Å². The lowest BCUT2D eigenvalue weighted by atomic mass is 10.1. The van der Waals surface area contributed by atoms with E-state index in [1.807, 2.05) is 30.3 Å². The van der Waals surface area contributed by atoms with Gasteiger partial charge in [-0.2, -0.15) is 4.98 Å². The van der Waals surface area contributed by atoms with E-state index in [0.29, 0.717) is 18.3 Å². The molecule has 20 heavy (non-hydrogen) atoms. The fraction of sp³-hybridized carbons (Fsp3) is 0.143. The first-order valence-electron chi connectivity index (χ1n) is 6.21. The summed E-state index contributed by atoms with van der Waals surface area (Å²) in [5, 5.41) is 7.14. The standard InChI is InChI=1S/C14H13N5O/c1-10-18-14(20-19-10)12-4-2-3-5-13(12)16-8-11-6-7-15-9-17-11/h2-7,9,16H,8H2,1H3. The van der Waals surface area contributed by atoms with Crippen LogP contribution in [0.4, 0.5) is 5.69 Å². The molecule has 0 saturated heterocycles. The van der Waals surface area contributed by atoms with Crippen molar-refractivity contribution in [2.45, 2.75) is 13.5 Å². The Morgan fingerprint density at radius 1 is 1.20 bits per heavy atom. The molecule has 0 radical (unpaired) electrons. The summed E-state index contributed by atoms with van der Waals surface area (Å²) in [6.45, 7) is 2.40. The summed E-state index contributed by atoms with van der Waals surface area (Å²) >= 11 is 0. The number of anilines is 1. The Hall–Kier alpha value is -2.76. The minimum absolute atomic E-state index is 0.508. The lowest BCUT2D eigenvalue weighted by Crippen LogP contribution is -2.02. The Morgan fingerprint density at radius 3 is 2.85 bits per heavy atom. The van der Waals surface area contributed by atoms with Gasteiger partial charge in [-0.25, -0.2) is 9.97 Å². The summed E-state index contributed by atoms with van der Waals surface area (Å²) in [4.78, 5) is 12.3. The number of hydrogen-bond acceptors (Lipinski definition) is 6. The van der Waals surface area contributed by atoms with Gasteiger partial charge in [0.25, 0.3) is 5.89 Å². The Morgan fingerprint density at radius 2 is 2.10 bits per heavy atom. The smallest absolute Gasteiger partial charge is 0.260 e. The molecular formula is C14H13N5O. The molecule has 2 aromatic heterocycles. The third-order valence-corrected chi connectivity index (χ3v) is 2.79. The molecule has 0 saturated carbocycles. The average Bonchev–Trinajstić information content (AvgIpc) is 2.93. The van der Waals surface area contributed by atoms with Crippen molar-refractivity contribution in [1.29, 1.82) is 0 Å². The highest BCUT2D eigenvalue weighted by Crippen LogP contribution is 2.26. The van der Waals surface area contributed by atoms with E-state index < -0.39 is 0 Å². The van der Waals surface area contributed by atoms with E-state index in [2.05, 4.69) is 25.4 Å². The topological polar surface area (TPSA) is 76.7 Å². The van der Waals surface area contributed by atoms with E-state index >= 15 is 0 Å². The van der Waals surface area contributed by atoms with Gasteiger partial charge in [-0.1, -0.05) is 17.3 Å². The van der Waals surface area contributed by atoms with Gasteiger partial charge < -0.3 is 9.84 Å². The van der Waals surface area contributed by atoms with Crippen molar-refractivity contribution in [2.75, 3.05) is 5.32 Å².